The first-order valence-corrected chi connectivity index (χ1v) is 11.2. The molecule has 30 heavy (non-hydrogen) atoms. The zero-order chi connectivity index (χ0) is 21.3. The Morgan fingerprint density at radius 2 is 1.73 bits per heavy atom. The number of aryl methyl sites for hydroxylation is 1. The molecule has 0 aliphatic carbocycles. The van der Waals surface area contributed by atoms with Crippen LogP contribution < -0.4 is 14.8 Å². The first kappa shape index (κ1) is 22.7. The Hall–Kier alpha value is -2.01. The standard InChI is InChI=1S/C25H27BrClNO2/c1-18(12-13-19-8-4-3-5-9-19)28-16-21-22(26)14-15-24(29-2)25(21)30-17-20-10-6-7-11-23(20)27/h3-11,14-15,18,28H,12-13,16-17H2,1-2H3. The molecule has 3 aromatic rings. The summed E-state index contributed by atoms with van der Waals surface area (Å²) >= 11 is 9.97. The first-order valence-electron chi connectivity index (χ1n) is 10.1. The highest BCUT2D eigenvalue weighted by atomic mass is 79.9. The van der Waals surface area contributed by atoms with Crippen molar-refractivity contribution in [1.29, 1.82) is 0 Å². The zero-order valence-corrected chi connectivity index (χ0v) is 19.7. The molecular weight excluding hydrogens is 462 g/mol. The highest BCUT2D eigenvalue weighted by Crippen LogP contribution is 2.37. The van der Waals surface area contributed by atoms with Gasteiger partial charge in [-0.1, -0.05) is 76.1 Å². The first-order chi connectivity index (χ1) is 14.6. The average Bonchev–Trinajstić information content (AvgIpc) is 2.77. The molecule has 0 saturated carbocycles. The Morgan fingerprint density at radius 3 is 2.47 bits per heavy atom. The number of methoxy groups -OCH3 is 1. The van der Waals surface area contributed by atoms with Crippen LogP contribution in [0.15, 0.2) is 71.2 Å². The van der Waals surface area contributed by atoms with Crippen LogP contribution >= 0.6 is 27.5 Å². The number of ether oxygens (including phenoxy) is 2. The number of nitrogens with one attached hydrogen (secondary N) is 1. The quantitative estimate of drug-likeness (QED) is 0.340. The fraction of sp³-hybridized carbons (Fsp3) is 0.280. The van der Waals surface area contributed by atoms with E-state index in [-0.39, 0.29) is 0 Å². The number of rotatable bonds is 10. The Balaban J connectivity index is 1.67. The van der Waals surface area contributed by atoms with Crippen molar-refractivity contribution in [3.05, 3.63) is 92.9 Å². The van der Waals surface area contributed by atoms with E-state index in [0.29, 0.717) is 30.0 Å². The molecule has 0 aromatic heterocycles. The lowest BCUT2D eigenvalue weighted by Gasteiger charge is -2.19. The summed E-state index contributed by atoms with van der Waals surface area (Å²) in [6.45, 7) is 3.26. The molecule has 0 saturated heterocycles. The molecular formula is C25H27BrClNO2. The van der Waals surface area contributed by atoms with E-state index in [1.165, 1.54) is 5.56 Å². The molecule has 158 valence electrons. The van der Waals surface area contributed by atoms with Crippen molar-refractivity contribution in [2.24, 2.45) is 0 Å². The largest absolute Gasteiger partial charge is 0.493 e. The van der Waals surface area contributed by atoms with Crippen LogP contribution in [0.1, 0.15) is 30.0 Å². The molecule has 1 unspecified atom stereocenters. The van der Waals surface area contributed by atoms with Gasteiger partial charge in [-0.05, 0) is 43.5 Å². The highest BCUT2D eigenvalue weighted by Gasteiger charge is 2.16. The summed E-state index contributed by atoms with van der Waals surface area (Å²) in [6, 6.07) is 22.5. The second-order valence-corrected chi connectivity index (χ2v) is 8.51. The molecule has 1 atom stereocenters. The van der Waals surface area contributed by atoms with Crippen LogP contribution in [0.5, 0.6) is 11.5 Å². The molecule has 5 heteroatoms. The van der Waals surface area contributed by atoms with Gasteiger partial charge in [-0.3, -0.25) is 0 Å². The van der Waals surface area contributed by atoms with Crippen molar-refractivity contribution < 1.29 is 9.47 Å². The van der Waals surface area contributed by atoms with Gasteiger partial charge in [0.25, 0.3) is 0 Å². The number of halogens is 2. The minimum atomic E-state index is 0.361. The second kappa shape index (κ2) is 11.4. The molecule has 0 aliphatic heterocycles. The van der Waals surface area contributed by atoms with Crippen molar-refractivity contribution in [3.63, 3.8) is 0 Å². The van der Waals surface area contributed by atoms with Crippen molar-refractivity contribution in [3.8, 4) is 11.5 Å². The van der Waals surface area contributed by atoms with E-state index >= 15 is 0 Å². The van der Waals surface area contributed by atoms with E-state index in [0.717, 1.165) is 34.2 Å². The van der Waals surface area contributed by atoms with Gasteiger partial charge in [-0.2, -0.15) is 0 Å². The second-order valence-electron chi connectivity index (χ2n) is 7.24. The van der Waals surface area contributed by atoms with Crippen LogP contribution in [0.25, 0.3) is 0 Å². The lowest BCUT2D eigenvalue weighted by atomic mass is 10.1. The van der Waals surface area contributed by atoms with Gasteiger partial charge >= 0.3 is 0 Å². The highest BCUT2D eigenvalue weighted by molar-refractivity contribution is 9.10. The average molecular weight is 489 g/mol. The van der Waals surface area contributed by atoms with Crippen LogP contribution in [0, 0.1) is 0 Å². The fourth-order valence-corrected chi connectivity index (χ4v) is 3.88. The summed E-state index contributed by atoms with van der Waals surface area (Å²) in [5, 5.41) is 4.31. The maximum Gasteiger partial charge on any atom is 0.167 e. The number of hydrogen-bond donors (Lipinski definition) is 1. The minimum Gasteiger partial charge on any atom is -0.493 e. The molecule has 0 fully saturated rings. The smallest absolute Gasteiger partial charge is 0.167 e. The fourth-order valence-electron chi connectivity index (χ4n) is 3.24. The van der Waals surface area contributed by atoms with Gasteiger partial charge in [-0.25, -0.2) is 0 Å². The summed E-state index contributed by atoms with van der Waals surface area (Å²) < 4.78 is 12.7. The molecule has 3 aromatic carbocycles. The molecule has 0 bridgehead atoms. The third kappa shape index (κ3) is 6.24. The van der Waals surface area contributed by atoms with Gasteiger partial charge in [0, 0.05) is 33.2 Å². The molecule has 3 rings (SSSR count). The third-order valence-corrected chi connectivity index (χ3v) is 6.16. The molecule has 0 radical (unpaired) electrons. The molecule has 1 N–H and O–H groups in total. The lowest BCUT2D eigenvalue weighted by molar-refractivity contribution is 0.280. The van der Waals surface area contributed by atoms with Crippen LogP contribution in [-0.4, -0.2) is 13.2 Å². The molecule has 0 heterocycles. The van der Waals surface area contributed by atoms with Gasteiger partial charge in [0.1, 0.15) is 6.61 Å². The molecule has 0 amide bonds. The summed E-state index contributed by atoms with van der Waals surface area (Å²) in [7, 11) is 1.66. The zero-order valence-electron chi connectivity index (χ0n) is 17.3. The Labute approximate surface area is 192 Å². The van der Waals surface area contributed by atoms with Crippen molar-refractivity contribution in [2.75, 3.05) is 7.11 Å². The van der Waals surface area contributed by atoms with E-state index in [2.05, 4.69) is 58.5 Å². The summed E-state index contributed by atoms with van der Waals surface area (Å²) in [5.41, 5.74) is 3.33. The van der Waals surface area contributed by atoms with E-state index in [9.17, 15) is 0 Å². The predicted molar refractivity (Wildman–Crippen MR) is 128 cm³/mol. The van der Waals surface area contributed by atoms with Crippen LogP contribution in [0.4, 0.5) is 0 Å². The summed E-state index contributed by atoms with van der Waals surface area (Å²) in [6.07, 6.45) is 2.10. The molecule has 0 aliphatic rings. The lowest BCUT2D eigenvalue weighted by Crippen LogP contribution is -2.26. The van der Waals surface area contributed by atoms with E-state index in [4.69, 9.17) is 21.1 Å². The topological polar surface area (TPSA) is 30.5 Å². The van der Waals surface area contributed by atoms with E-state index < -0.39 is 0 Å². The number of hydrogen-bond acceptors (Lipinski definition) is 3. The maximum atomic E-state index is 6.29. The Morgan fingerprint density at radius 1 is 1.00 bits per heavy atom. The predicted octanol–water partition coefficient (Wildman–Crippen LogP) is 6.80. The van der Waals surface area contributed by atoms with Crippen LogP contribution in [0.3, 0.4) is 0 Å². The van der Waals surface area contributed by atoms with Gasteiger partial charge in [-0.15, -0.1) is 0 Å². The Bertz CT molecular complexity index is 949. The van der Waals surface area contributed by atoms with Crippen LogP contribution in [-0.2, 0) is 19.6 Å². The van der Waals surface area contributed by atoms with Crippen molar-refractivity contribution in [1.82, 2.24) is 5.32 Å². The third-order valence-electron chi connectivity index (χ3n) is 5.05. The summed E-state index contributed by atoms with van der Waals surface area (Å²) in [4.78, 5) is 0. The summed E-state index contributed by atoms with van der Waals surface area (Å²) in [5.74, 6) is 1.44. The molecule has 0 spiro atoms. The minimum absolute atomic E-state index is 0.361. The number of benzene rings is 3. The molecule has 3 nitrogen and oxygen atoms in total. The van der Waals surface area contributed by atoms with Gasteiger partial charge < -0.3 is 14.8 Å². The van der Waals surface area contributed by atoms with Gasteiger partial charge in [0.2, 0.25) is 0 Å². The van der Waals surface area contributed by atoms with Crippen molar-refractivity contribution in [2.45, 2.75) is 39.0 Å². The normalized spacial score (nSPS) is 11.9. The monoisotopic (exact) mass is 487 g/mol. The van der Waals surface area contributed by atoms with Crippen molar-refractivity contribution >= 4 is 27.5 Å². The van der Waals surface area contributed by atoms with Crippen LogP contribution in [0.2, 0.25) is 5.02 Å². The maximum absolute atomic E-state index is 6.29. The Kier molecular flexibility index (Phi) is 8.61. The SMILES string of the molecule is COc1ccc(Br)c(CNC(C)CCc2ccccc2)c1OCc1ccccc1Cl. The van der Waals surface area contributed by atoms with E-state index in [1.54, 1.807) is 7.11 Å². The van der Waals surface area contributed by atoms with Gasteiger partial charge in [0.05, 0.1) is 7.11 Å². The van der Waals surface area contributed by atoms with E-state index in [1.807, 2.05) is 36.4 Å². The van der Waals surface area contributed by atoms with Gasteiger partial charge in [0.15, 0.2) is 11.5 Å².